The first kappa shape index (κ1) is 28.1. The zero-order valence-corrected chi connectivity index (χ0v) is 28.7. The molecular formula is C50H30O2. The average molecular weight is 663 g/mol. The van der Waals surface area contributed by atoms with Crippen molar-refractivity contribution >= 4 is 97.0 Å². The third-order valence-electron chi connectivity index (χ3n) is 11.9. The van der Waals surface area contributed by atoms with Crippen LogP contribution in [0.1, 0.15) is 0 Å². The van der Waals surface area contributed by atoms with E-state index in [1.54, 1.807) is 14.2 Å². The first-order valence-corrected chi connectivity index (χ1v) is 17.9. The molecule has 0 unspecified atom stereocenters. The zero-order chi connectivity index (χ0) is 34.2. The first-order valence-electron chi connectivity index (χ1n) is 17.9. The molecule has 0 aliphatic heterocycles. The SMILES string of the molecule is COc1ccc2ccc3c(-c4ccc5ccc6ccc(-c7ccc8ccc9c(OC)ccc%10ccc7c8c%109)c7ccc4c5c67)ccc4ccc1c2c43. The molecule has 2 nitrogen and oxygen atoms in total. The Kier molecular flexibility index (Phi) is 5.40. The smallest absolute Gasteiger partial charge is 0.126 e. The van der Waals surface area contributed by atoms with Gasteiger partial charge >= 0.3 is 0 Å². The maximum absolute atomic E-state index is 5.81. The van der Waals surface area contributed by atoms with E-state index < -0.39 is 0 Å². The highest BCUT2D eigenvalue weighted by Crippen LogP contribution is 2.48. The monoisotopic (exact) mass is 662 g/mol. The molecule has 2 heteroatoms. The molecule has 0 aliphatic rings. The molecule has 0 N–H and O–H groups in total. The van der Waals surface area contributed by atoms with Crippen LogP contribution in [0.15, 0.2) is 146 Å². The van der Waals surface area contributed by atoms with Gasteiger partial charge in [-0.15, -0.1) is 0 Å². The summed E-state index contributed by atoms with van der Waals surface area (Å²) in [5, 5.41) is 22.7. The lowest BCUT2D eigenvalue weighted by molar-refractivity contribution is 0.420. The summed E-state index contributed by atoms with van der Waals surface area (Å²) >= 11 is 0. The van der Waals surface area contributed by atoms with Gasteiger partial charge in [-0.25, -0.2) is 0 Å². The summed E-state index contributed by atoms with van der Waals surface area (Å²) in [5.41, 5.74) is 5.03. The molecular weight excluding hydrogens is 633 g/mol. The summed E-state index contributed by atoms with van der Waals surface area (Å²) in [6.07, 6.45) is 0. The molecule has 0 saturated heterocycles. The molecule has 0 spiro atoms. The standard InChI is InChI=1S/C50H30O2/c1-51-43-25-13-31-9-19-37-33(17-7-29-11-21-41(43)49(31)47(29)37)35-15-5-27-3-4-28-6-16-36(40-24-23-39(35)45(27)46(28)40)34-18-8-30-12-22-42-44(52-2)26-14-32-10-20-38(34)48(30)50(32)42/h3-26H,1-2H3. The maximum Gasteiger partial charge on any atom is 0.126 e. The van der Waals surface area contributed by atoms with E-state index in [2.05, 4.69) is 146 Å². The van der Waals surface area contributed by atoms with Gasteiger partial charge in [0.15, 0.2) is 0 Å². The Morgan fingerprint density at radius 2 is 0.442 bits per heavy atom. The van der Waals surface area contributed by atoms with Crippen molar-refractivity contribution in [1.82, 2.24) is 0 Å². The molecule has 0 radical (unpaired) electrons. The predicted octanol–water partition coefficient (Wildman–Crippen LogP) is 13.7. The first-order chi connectivity index (χ1) is 25.7. The van der Waals surface area contributed by atoms with Crippen LogP contribution in [0.2, 0.25) is 0 Å². The van der Waals surface area contributed by atoms with Gasteiger partial charge in [-0.3, -0.25) is 0 Å². The Balaban J connectivity index is 1.14. The molecule has 0 saturated carbocycles. The second-order valence-electron chi connectivity index (χ2n) is 14.3. The van der Waals surface area contributed by atoms with E-state index >= 15 is 0 Å². The normalized spacial score (nSPS) is 12.4. The number of methoxy groups -OCH3 is 2. The Morgan fingerprint density at radius 1 is 0.231 bits per heavy atom. The minimum atomic E-state index is 0.912. The van der Waals surface area contributed by atoms with E-state index in [0.29, 0.717) is 0 Å². The molecule has 0 aliphatic carbocycles. The Bertz CT molecular complexity index is 3200. The van der Waals surface area contributed by atoms with Gasteiger partial charge in [0.05, 0.1) is 14.2 Å². The van der Waals surface area contributed by atoms with Crippen molar-refractivity contribution in [2.75, 3.05) is 14.2 Å². The van der Waals surface area contributed by atoms with Crippen molar-refractivity contribution in [2.45, 2.75) is 0 Å². The van der Waals surface area contributed by atoms with Gasteiger partial charge in [0.1, 0.15) is 11.5 Å². The van der Waals surface area contributed by atoms with Crippen LogP contribution in [0.5, 0.6) is 11.5 Å². The molecule has 0 aromatic heterocycles. The van der Waals surface area contributed by atoms with Crippen molar-refractivity contribution in [1.29, 1.82) is 0 Å². The summed E-state index contributed by atoms with van der Waals surface area (Å²) in [6.45, 7) is 0. The zero-order valence-electron chi connectivity index (χ0n) is 28.7. The molecule has 0 heterocycles. The van der Waals surface area contributed by atoms with E-state index in [1.165, 1.54) is 108 Å². The second kappa shape index (κ2) is 9.99. The van der Waals surface area contributed by atoms with E-state index in [4.69, 9.17) is 9.47 Å². The van der Waals surface area contributed by atoms with Gasteiger partial charge in [0, 0.05) is 21.5 Å². The molecule has 0 amide bonds. The fourth-order valence-electron chi connectivity index (χ4n) is 9.65. The molecule has 242 valence electrons. The number of rotatable bonds is 4. The van der Waals surface area contributed by atoms with Crippen molar-refractivity contribution in [3.05, 3.63) is 146 Å². The highest BCUT2D eigenvalue weighted by molar-refractivity contribution is 6.32. The van der Waals surface area contributed by atoms with Gasteiger partial charge in [0.2, 0.25) is 0 Å². The van der Waals surface area contributed by atoms with Crippen LogP contribution in [0.4, 0.5) is 0 Å². The van der Waals surface area contributed by atoms with Gasteiger partial charge < -0.3 is 9.47 Å². The lowest BCUT2D eigenvalue weighted by Gasteiger charge is -2.20. The van der Waals surface area contributed by atoms with Crippen LogP contribution in [-0.2, 0) is 0 Å². The molecule has 12 aromatic carbocycles. The second-order valence-corrected chi connectivity index (χ2v) is 14.3. The number of benzene rings is 12. The van der Waals surface area contributed by atoms with E-state index in [1.807, 2.05) is 0 Å². The van der Waals surface area contributed by atoms with E-state index in [9.17, 15) is 0 Å². The van der Waals surface area contributed by atoms with Crippen molar-refractivity contribution in [3.63, 3.8) is 0 Å². The van der Waals surface area contributed by atoms with Gasteiger partial charge in [-0.1, -0.05) is 121 Å². The topological polar surface area (TPSA) is 18.5 Å². The average Bonchev–Trinajstić information content (AvgIpc) is 3.20. The highest BCUT2D eigenvalue weighted by Gasteiger charge is 2.20. The van der Waals surface area contributed by atoms with Crippen LogP contribution in [-0.4, -0.2) is 14.2 Å². The van der Waals surface area contributed by atoms with E-state index in [-0.39, 0.29) is 0 Å². The fraction of sp³-hybridized carbons (Fsp3) is 0.0400. The summed E-state index contributed by atoms with van der Waals surface area (Å²) < 4.78 is 11.6. The minimum Gasteiger partial charge on any atom is -0.496 e. The van der Waals surface area contributed by atoms with Gasteiger partial charge in [-0.05, 0) is 122 Å². The number of ether oxygens (including phenoxy) is 2. The molecule has 52 heavy (non-hydrogen) atoms. The van der Waals surface area contributed by atoms with Crippen LogP contribution < -0.4 is 9.47 Å². The lowest BCUT2D eigenvalue weighted by Crippen LogP contribution is -1.93. The molecule has 0 atom stereocenters. The van der Waals surface area contributed by atoms with Crippen molar-refractivity contribution in [2.24, 2.45) is 0 Å². The Labute approximate surface area is 299 Å². The minimum absolute atomic E-state index is 0.912. The third-order valence-corrected chi connectivity index (χ3v) is 11.9. The van der Waals surface area contributed by atoms with Crippen LogP contribution in [0.3, 0.4) is 0 Å². The van der Waals surface area contributed by atoms with Crippen LogP contribution >= 0.6 is 0 Å². The van der Waals surface area contributed by atoms with Crippen LogP contribution in [0, 0.1) is 0 Å². The summed E-state index contributed by atoms with van der Waals surface area (Å²) in [5.74, 6) is 1.82. The summed E-state index contributed by atoms with van der Waals surface area (Å²) in [7, 11) is 3.52. The Hall–Kier alpha value is -6.64. The molecule has 0 fully saturated rings. The molecule has 12 rings (SSSR count). The van der Waals surface area contributed by atoms with Crippen LogP contribution in [0.25, 0.3) is 119 Å². The Morgan fingerprint density at radius 3 is 0.750 bits per heavy atom. The number of hydrogen-bond donors (Lipinski definition) is 0. The number of hydrogen-bond acceptors (Lipinski definition) is 2. The fourth-order valence-corrected chi connectivity index (χ4v) is 9.65. The summed E-state index contributed by atoms with van der Waals surface area (Å²) in [6, 6.07) is 54.3. The third kappa shape index (κ3) is 3.49. The van der Waals surface area contributed by atoms with Gasteiger partial charge in [-0.2, -0.15) is 0 Å². The summed E-state index contributed by atoms with van der Waals surface area (Å²) in [4.78, 5) is 0. The van der Waals surface area contributed by atoms with E-state index in [0.717, 1.165) is 22.3 Å². The lowest BCUT2D eigenvalue weighted by atomic mass is 9.84. The molecule has 0 bridgehead atoms. The largest absolute Gasteiger partial charge is 0.496 e. The predicted molar refractivity (Wildman–Crippen MR) is 222 cm³/mol. The maximum atomic E-state index is 5.81. The van der Waals surface area contributed by atoms with Crippen molar-refractivity contribution in [3.8, 4) is 33.8 Å². The highest BCUT2D eigenvalue weighted by atomic mass is 16.5. The quantitative estimate of drug-likeness (QED) is 0.175. The van der Waals surface area contributed by atoms with Crippen molar-refractivity contribution < 1.29 is 9.47 Å². The molecule has 12 aromatic rings. The van der Waals surface area contributed by atoms with Gasteiger partial charge in [0.25, 0.3) is 0 Å².